The van der Waals surface area contributed by atoms with Gasteiger partial charge >= 0.3 is 0 Å². The van der Waals surface area contributed by atoms with Gasteiger partial charge in [0.2, 0.25) is 11.8 Å². The maximum atomic E-state index is 14.0. The number of benzene rings is 1. The fourth-order valence-corrected chi connectivity index (χ4v) is 6.38. The van der Waals surface area contributed by atoms with Crippen molar-refractivity contribution in [2.45, 2.75) is 52.1 Å². The number of nitrogens with one attached hydrogen (secondary N) is 2. The molecule has 9 nitrogen and oxygen atoms in total. The number of likely N-dealkylation sites (tertiary alicyclic amines) is 2. The van der Waals surface area contributed by atoms with Crippen molar-refractivity contribution in [3.63, 3.8) is 0 Å². The van der Waals surface area contributed by atoms with E-state index >= 15 is 0 Å². The summed E-state index contributed by atoms with van der Waals surface area (Å²) >= 11 is 0. The predicted molar refractivity (Wildman–Crippen MR) is 143 cm³/mol. The van der Waals surface area contributed by atoms with Crippen LogP contribution in [0.3, 0.4) is 0 Å². The Morgan fingerprint density at radius 3 is 2.33 bits per heavy atom. The fraction of sp³-hybridized carbons (Fsp3) is 0.552. The smallest absolute Gasteiger partial charge is 0.257 e. The van der Waals surface area contributed by atoms with E-state index in [0.717, 1.165) is 38.3 Å². The lowest BCUT2D eigenvalue weighted by Crippen LogP contribution is -2.49. The minimum Gasteiger partial charge on any atom is -0.354 e. The van der Waals surface area contributed by atoms with Crippen LogP contribution in [0.25, 0.3) is 0 Å². The zero-order valence-electron chi connectivity index (χ0n) is 22.8. The van der Waals surface area contributed by atoms with Crippen LogP contribution < -0.4 is 10.6 Å². The highest BCUT2D eigenvalue weighted by atomic mass is 19.1. The molecule has 1 saturated carbocycles. The lowest BCUT2D eigenvalue weighted by molar-refractivity contribution is -0.131. The molecule has 10 heteroatoms. The summed E-state index contributed by atoms with van der Waals surface area (Å²) in [6.07, 6.45) is 3.41. The number of rotatable bonds is 8. The van der Waals surface area contributed by atoms with E-state index in [4.69, 9.17) is 0 Å². The second-order valence-corrected chi connectivity index (χ2v) is 11.4. The highest BCUT2D eigenvalue weighted by molar-refractivity contribution is 5.96. The van der Waals surface area contributed by atoms with Gasteiger partial charge in [0.15, 0.2) is 0 Å². The summed E-state index contributed by atoms with van der Waals surface area (Å²) in [5, 5.41) is 6.01. The van der Waals surface area contributed by atoms with E-state index in [9.17, 15) is 18.8 Å². The molecule has 2 aliphatic heterocycles. The normalized spacial score (nSPS) is 25.1. The number of carbonyl (C=O) groups is 3. The summed E-state index contributed by atoms with van der Waals surface area (Å²) in [7, 11) is 0. The van der Waals surface area contributed by atoms with Crippen LogP contribution in [0.4, 0.5) is 4.39 Å². The van der Waals surface area contributed by atoms with Crippen molar-refractivity contribution in [3.05, 3.63) is 58.9 Å². The van der Waals surface area contributed by atoms with Crippen molar-refractivity contribution >= 4 is 17.7 Å². The van der Waals surface area contributed by atoms with Crippen LogP contribution in [0.5, 0.6) is 0 Å². The van der Waals surface area contributed by atoms with Crippen LogP contribution in [0.1, 0.15) is 59.5 Å². The molecule has 1 aromatic carbocycles. The van der Waals surface area contributed by atoms with Gasteiger partial charge in [0.1, 0.15) is 12.1 Å². The number of carbonyl (C=O) groups excluding carboxylic acids is 3. The van der Waals surface area contributed by atoms with Gasteiger partial charge in [-0.2, -0.15) is 0 Å². The molecule has 3 fully saturated rings. The zero-order valence-corrected chi connectivity index (χ0v) is 22.8. The van der Waals surface area contributed by atoms with Gasteiger partial charge < -0.3 is 20.4 Å². The summed E-state index contributed by atoms with van der Waals surface area (Å²) in [6.45, 7) is 9.16. The Labute approximate surface area is 228 Å². The molecule has 3 amide bonds. The summed E-state index contributed by atoms with van der Waals surface area (Å²) in [4.78, 5) is 50.2. The number of aryl methyl sites for hydroxylation is 2. The van der Waals surface area contributed by atoms with E-state index < -0.39 is 0 Å². The van der Waals surface area contributed by atoms with Crippen molar-refractivity contribution in [3.8, 4) is 0 Å². The zero-order chi connectivity index (χ0) is 27.7. The van der Waals surface area contributed by atoms with Crippen LogP contribution in [0.2, 0.25) is 0 Å². The molecule has 39 heavy (non-hydrogen) atoms. The number of fused-ring (bicyclic) bond motifs is 1. The SMILES string of the molecule is CC(=O)NC1CC(C(=O)NC(CCN2CC3CN(C(=O)c4c(C)ncnc4C)CC3C2)c2cccc(F)c2)C1. The molecule has 0 radical (unpaired) electrons. The van der Waals surface area contributed by atoms with E-state index in [1.807, 2.05) is 24.8 Å². The second-order valence-electron chi connectivity index (χ2n) is 11.4. The molecule has 2 saturated heterocycles. The lowest BCUT2D eigenvalue weighted by Gasteiger charge is -2.35. The summed E-state index contributed by atoms with van der Waals surface area (Å²) in [5.41, 5.74) is 2.79. The molecule has 3 aliphatic rings. The molecule has 5 rings (SSSR count). The van der Waals surface area contributed by atoms with Gasteiger partial charge in [-0.3, -0.25) is 14.4 Å². The van der Waals surface area contributed by atoms with Gasteiger partial charge in [0.25, 0.3) is 5.91 Å². The Kier molecular flexibility index (Phi) is 7.93. The molecule has 1 aliphatic carbocycles. The fourth-order valence-electron chi connectivity index (χ4n) is 6.38. The number of halogens is 1. The first-order valence-electron chi connectivity index (χ1n) is 13.8. The maximum absolute atomic E-state index is 14.0. The summed E-state index contributed by atoms with van der Waals surface area (Å²) in [6, 6.07) is 6.18. The lowest BCUT2D eigenvalue weighted by atomic mass is 9.79. The molecule has 208 valence electrons. The van der Waals surface area contributed by atoms with Gasteiger partial charge in [-0.1, -0.05) is 12.1 Å². The Morgan fingerprint density at radius 2 is 1.72 bits per heavy atom. The Morgan fingerprint density at radius 1 is 1.05 bits per heavy atom. The molecule has 0 bridgehead atoms. The first-order valence-corrected chi connectivity index (χ1v) is 13.8. The van der Waals surface area contributed by atoms with E-state index in [0.29, 0.717) is 48.0 Å². The van der Waals surface area contributed by atoms with E-state index in [1.54, 1.807) is 6.07 Å². The standard InChI is InChI=1S/C29H37FN6O3/c1-17-27(18(2)32-16-31-17)29(39)36-14-22-12-35(13-23(22)15-36)8-7-26(20-5-4-6-24(30)9-20)34-28(38)21-10-25(11-21)33-19(3)37/h4-6,9,16,21-23,25-26H,7-8,10-15H2,1-3H3,(H,33,37)(H,34,38). The molecule has 2 aromatic rings. The minimum atomic E-state index is -0.323. The van der Waals surface area contributed by atoms with Crippen molar-refractivity contribution in [1.82, 2.24) is 30.4 Å². The molecule has 3 heterocycles. The minimum absolute atomic E-state index is 0.0113. The Balaban J connectivity index is 1.16. The third-order valence-corrected chi connectivity index (χ3v) is 8.51. The third kappa shape index (κ3) is 6.11. The molecular formula is C29H37FN6O3. The van der Waals surface area contributed by atoms with Crippen molar-refractivity contribution in [2.24, 2.45) is 17.8 Å². The van der Waals surface area contributed by atoms with E-state index in [2.05, 4.69) is 25.5 Å². The Bertz CT molecular complexity index is 1220. The number of amides is 3. The molecule has 0 spiro atoms. The highest BCUT2D eigenvalue weighted by Crippen LogP contribution is 2.34. The quantitative estimate of drug-likeness (QED) is 0.537. The monoisotopic (exact) mass is 536 g/mol. The summed E-state index contributed by atoms with van der Waals surface area (Å²) in [5.74, 6) is 0.222. The number of aromatic nitrogens is 2. The van der Waals surface area contributed by atoms with Crippen LogP contribution >= 0.6 is 0 Å². The van der Waals surface area contributed by atoms with E-state index in [1.165, 1.54) is 25.4 Å². The first-order chi connectivity index (χ1) is 18.7. The molecule has 1 aromatic heterocycles. The third-order valence-electron chi connectivity index (χ3n) is 8.51. The van der Waals surface area contributed by atoms with Crippen molar-refractivity contribution in [2.75, 3.05) is 32.7 Å². The van der Waals surface area contributed by atoms with Crippen LogP contribution in [0, 0.1) is 37.4 Å². The second kappa shape index (κ2) is 11.4. The van der Waals surface area contributed by atoms with Gasteiger partial charge in [-0.25, -0.2) is 14.4 Å². The highest BCUT2D eigenvalue weighted by Gasteiger charge is 2.42. The van der Waals surface area contributed by atoms with Crippen molar-refractivity contribution in [1.29, 1.82) is 0 Å². The van der Waals surface area contributed by atoms with Gasteiger partial charge in [0, 0.05) is 51.6 Å². The number of nitrogens with zero attached hydrogens (tertiary/aromatic N) is 4. The summed E-state index contributed by atoms with van der Waals surface area (Å²) < 4.78 is 14.0. The van der Waals surface area contributed by atoms with Crippen molar-refractivity contribution < 1.29 is 18.8 Å². The topological polar surface area (TPSA) is 108 Å². The van der Waals surface area contributed by atoms with Crippen LogP contribution in [0.15, 0.2) is 30.6 Å². The average Bonchev–Trinajstić information content (AvgIpc) is 3.42. The average molecular weight is 537 g/mol. The molecule has 3 atom stereocenters. The van der Waals surface area contributed by atoms with Crippen LogP contribution in [-0.2, 0) is 9.59 Å². The predicted octanol–water partition coefficient (Wildman–Crippen LogP) is 2.40. The largest absolute Gasteiger partial charge is 0.354 e. The molecular weight excluding hydrogens is 499 g/mol. The van der Waals surface area contributed by atoms with E-state index in [-0.39, 0.29) is 41.5 Å². The van der Waals surface area contributed by atoms with Gasteiger partial charge in [0.05, 0.1) is 23.0 Å². The van der Waals surface area contributed by atoms with Crippen LogP contribution in [-0.4, -0.2) is 76.3 Å². The first kappa shape index (κ1) is 27.2. The number of hydrogen-bond donors (Lipinski definition) is 2. The maximum Gasteiger partial charge on any atom is 0.257 e. The molecule has 2 N–H and O–H groups in total. The number of hydrogen-bond acceptors (Lipinski definition) is 6. The van der Waals surface area contributed by atoms with Gasteiger partial charge in [-0.05, 0) is 62.6 Å². The van der Waals surface area contributed by atoms with Gasteiger partial charge in [-0.15, -0.1) is 0 Å². The Hall–Kier alpha value is -3.40. The molecule has 3 unspecified atom stereocenters.